The Morgan fingerprint density at radius 1 is 1.09 bits per heavy atom. The van der Waals surface area contributed by atoms with E-state index in [4.69, 9.17) is 21.1 Å². The number of aryl methyl sites for hydroxylation is 1. The Morgan fingerprint density at radius 3 is 2.67 bits per heavy atom. The van der Waals surface area contributed by atoms with Gasteiger partial charge in [0, 0.05) is 28.2 Å². The van der Waals surface area contributed by atoms with Crippen molar-refractivity contribution in [3.8, 4) is 11.5 Å². The van der Waals surface area contributed by atoms with Crippen molar-refractivity contribution in [3.05, 3.63) is 82.1 Å². The number of fused-ring (bicyclic) bond motifs is 3. The minimum absolute atomic E-state index is 0.0954. The Hall–Kier alpha value is -3.25. The van der Waals surface area contributed by atoms with Crippen LogP contribution in [-0.2, 0) is 23.1 Å². The van der Waals surface area contributed by atoms with E-state index in [1.54, 1.807) is 0 Å². The topological polar surface area (TPSA) is 80.7 Å². The van der Waals surface area contributed by atoms with Gasteiger partial charge in [-0.25, -0.2) is 4.79 Å². The van der Waals surface area contributed by atoms with E-state index in [-0.39, 0.29) is 5.41 Å². The minimum Gasteiger partial charge on any atom is -0.493 e. The lowest BCUT2D eigenvalue weighted by atomic mass is 9.59. The molecule has 0 radical (unpaired) electrons. The van der Waals surface area contributed by atoms with Gasteiger partial charge in [0.15, 0.2) is 0 Å². The number of halogens is 1. The zero-order valence-corrected chi connectivity index (χ0v) is 28.0. The van der Waals surface area contributed by atoms with Crippen LogP contribution in [0.15, 0.2) is 54.7 Å². The molecular weight excluding hydrogens is 596 g/mol. The minimum atomic E-state index is -1.03. The van der Waals surface area contributed by atoms with E-state index < -0.39 is 11.5 Å². The first-order valence-electron chi connectivity index (χ1n) is 17.4. The van der Waals surface area contributed by atoms with Gasteiger partial charge in [-0.05, 0) is 147 Å². The van der Waals surface area contributed by atoms with Crippen molar-refractivity contribution in [2.75, 3.05) is 18.5 Å². The summed E-state index contributed by atoms with van der Waals surface area (Å²) in [6, 6.07) is 16.1. The molecule has 1 heterocycles. The summed E-state index contributed by atoms with van der Waals surface area (Å²) in [5.41, 5.74) is 4.88. The Labute approximate surface area is 278 Å². The van der Waals surface area contributed by atoms with Gasteiger partial charge in [-0.2, -0.15) is 0 Å². The van der Waals surface area contributed by atoms with Crippen LogP contribution in [0.5, 0.6) is 11.5 Å². The van der Waals surface area contributed by atoms with Gasteiger partial charge in [0.1, 0.15) is 17.0 Å². The molecule has 2 fully saturated rings. The number of benzene rings is 2. The Morgan fingerprint density at radius 2 is 1.91 bits per heavy atom. The first-order valence-corrected chi connectivity index (χ1v) is 17.8. The third-order valence-corrected chi connectivity index (χ3v) is 11.7. The molecule has 0 saturated heterocycles. The van der Waals surface area contributed by atoms with Crippen LogP contribution in [0, 0.1) is 17.8 Å². The Balaban J connectivity index is 1.12. The third-order valence-electron chi connectivity index (χ3n) is 11.4. The van der Waals surface area contributed by atoms with Gasteiger partial charge in [-0.15, -0.1) is 0 Å². The van der Waals surface area contributed by atoms with Gasteiger partial charge in [0.05, 0.1) is 13.2 Å². The number of hydrogen-bond acceptors (Lipinski definition) is 5. The molecule has 0 aliphatic heterocycles. The summed E-state index contributed by atoms with van der Waals surface area (Å²) in [6.45, 7) is 6.05. The van der Waals surface area contributed by atoms with Gasteiger partial charge in [-0.3, -0.25) is 4.98 Å². The van der Waals surface area contributed by atoms with Crippen LogP contribution in [0.4, 0.5) is 5.69 Å². The number of hydrogen-bond donors (Lipinski definition) is 2. The monoisotopic (exact) mass is 642 g/mol. The molecule has 4 aliphatic rings. The van der Waals surface area contributed by atoms with E-state index in [0.717, 1.165) is 55.9 Å². The molecule has 7 heteroatoms. The maximum atomic E-state index is 12.9. The van der Waals surface area contributed by atoms with Gasteiger partial charge in [0.25, 0.3) is 0 Å². The molecule has 0 unspecified atom stereocenters. The highest BCUT2D eigenvalue weighted by Gasteiger charge is 2.54. The van der Waals surface area contributed by atoms with Gasteiger partial charge in [-0.1, -0.05) is 37.6 Å². The largest absolute Gasteiger partial charge is 0.493 e. The molecule has 0 bridgehead atoms. The maximum Gasteiger partial charge on any atom is 0.329 e. The number of pyridine rings is 1. The van der Waals surface area contributed by atoms with Crippen molar-refractivity contribution >= 4 is 23.3 Å². The van der Waals surface area contributed by atoms with Crippen molar-refractivity contribution in [2.45, 2.75) is 101 Å². The molecule has 6 nitrogen and oxygen atoms in total. The SMILES string of the molecule is C[C@@H](COc1ccnc2c1[C@H](C)CCC2)C[C@H]1Cc2ccc(OCC3CC3)cc2C12CCC(Nc1cccc(Cl)c1)(C(=O)O)CC2. The summed E-state index contributed by atoms with van der Waals surface area (Å²) in [7, 11) is 0. The second kappa shape index (κ2) is 12.7. The molecule has 2 saturated carbocycles. The standard InChI is InChI=1S/C39H47ClN2O4/c1-25(23-46-35-13-18-41-34-8-3-5-26(2)36(34)35)19-29-20-28-11-12-32(45-24-27-9-10-27)22-33(28)38(29)14-16-39(17-15-38,37(43)44)42-31-7-4-6-30(40)21-31/h4,6-7,11-13,18,21-22,25-27,29,42H,3,5,8-10,14-17,19-20,23-24H2,1-2H3,(H,43,44)/t25-,26-,29+,38?,39?/m1/s1. The molecule has 1 spiro atoms. The maximum absolute atomic E-state index is 12.9. The summed E-state index contributed by atoms with van der Waals surface area (Å²) in [5.74, 6) is 3.07. The second-order valence-corrected chi connectivity index (χ2v) is 15.2. The third kappa shape index (κ3) is 6.22. The van der Waals surface area contributed by atoms with E-state index in [9.17, 15) is 9.90 Å². The molecule has 244 valence electrons. The number of aromatic nitrogens is 1. The first kappa shape index (κ1) is 31.4. The van der Waals surface area contributed by atoms with Gasteiger partial charge < -0.3 is 19.9 Å². The number of ether oxygens (including phenoxy) is 2. The normalized spacial score (nSPS) is 27.5. The molecule has 3 atom stereocenters. The van der Waals surface area contributed by atoms with Crippen LogP contribution in [0.25, 0.3) is 0 Å². The van der Waals surface area contributed by atoms with Crippen LogP contribution in [0.1, 0.15) is 99.9 Å². The fraction of sp³-hybridized carbons (Fsp3) is 0.538. The highest BCUT2D eigenvalue weighted by Crippen LogP contribution is 2.57. The predicted octanol–water partition coefficient (Wildman–Crippen LogP) is 8.99. The van der Waals surface area contributed by atoms with Crippen molar-refractivity contribution in [3.63, 3.8) is 0 Å². The smallest absolute Gasteiger partial charge is 0.329 e. The molecular formula is C39H47ClN2O4. The van der Waals surface area contributed by atoms with E-state index in [2.05, 4.69) is 42.3 Å². The van der Waals surface area contributed by atoms with Crippen molar-refractivity contribution in [2.24, 2.45) is 17.8 Å². The molecule has 7 rings (SSSR count). The highest BCUT2D eigenvalue weighted by molar-refractivity contribution is 6.30. The average Bonchev–Trinajstić information content (AvgIpc) is 3.84. The second-order valence-electron chi connectivity index (χ2n) is 14.8. The molecule has 3 aromatic rings. The number of carboxylic acid groups (broad SMARTS) is 1. The Bertz CT molecular complexity index is 1580. The van der Waals surface area contributed by atoms with E-state index in [1.807, 2.05) is 36.5 Å². The molecule has 46 heavy (non-hydrogen) atoms. The zero-order chi connectivity index (χ0) is 31.9. The molecule has 2 aromatic carbocycles. The number of anilines is 1. The summed E-state index contributed by atoms with van der Waals surface area (Å²) < 4.78 is 12.8. The first-order chi connectivity index (χ1) is 22.2. The highest BCUT2D eigenvalue weighted by atomic mass is 35.5. The number of nitrogens with zero attached hydrogens (tertiary/aromatic N) is 1. The Kier molecular flexibility index (Phi) is 8.69. The van der Waals surface area contributed by atoms with E-state index in [1.165, 1.54) is 48.1 Å². The fourth-order valence-corrected chi connectivity index (χ4v) is 8.86. The lowest BCUT2D eigenvalue weighted by molar-refractivity contribution is -0.144. The summed E-state index contributed by atoms with van der Waals surface area (Å²) in [6.07, 6.45) is 12.6. The fourth-order valence-electron chi connectivity index (χ4n) is 8.67. The number of nitrogens with one attached hydrogen (secondary N) is 1. The molecule has 0 amide bonds. The zero-order valence-electron chi connectivity index (χ0n) is 27.2. The summed E-state index contributed by atoms with van der Waals surface area (Å²) in [4.78, 5) is 17.6. The molecule has 2 N–H and O–H groups in total. The number of carboxylic acids is 1. The number of carbonyl (C=O) groups is 1. The predicted molar refractivity (Wildman–Crippen MR) is 182 cm³/mol. The van der Waals surface area contributed by atoms with Crippen molar-refractivity contribution in [1.29, 1.82) is 0 Å². The van der Waals surface area contributed by atoms with Crippen molar-refractivity contribution in [1.82, 2.24) is 4.98 Å². The lowest BCUT2D eigenvalue weighted by Crippen LogP contribution is -2.53. The number of aliphatic carboxylic acids is 1. The average molecular weight is 643 g/mol. The van der Waals surface area contributed by atoms with Crippen molar-refractivity contribution < 1.29 is 19.4 Å². The quantitative estimate of drug-likeness (QED) is 0.217. The number of rotatable bonds is 11. The summed E-state index contributed by atoms with van der Waals surface area (Å²) >= 11 is 6.27. The van der Waals surface area contributed by atoms with E-state index >= 15 is 0 Å². The molecule has 4 aliphatic carbocycles. The van der Waals surface area contributed by atoms with Gasteiger partial charge in [0.2, 0.25) is 0 Å². The van der Waals surface area contributed by atoms with Crippen LogP contribution >= 0.6 is 11.6 Å². The van der Waals surface area contributed by atoms with Gasteiger partial charge >= 0.3 is 5.97 Å². The molecule has 1 aromatic heterocycles. The van der Waals surface area contributed by atoms with Crippen LogP contribution in [0.2, 0.25) is 5.02 Å². The summed E-state index contributed by atoms with van der Waals surface area (Å²) in [5, 5.41) is 14.6. The van der Waals surface area contributed by atoms with Crippen LogP contribution < -0.4 is 14.8 Å². The van der Waals surface area contributed by atoms with Crippen LogP contribution in [0.3, 0.4) is 0 Å². The lowest BCUT2D eigenvalue weighted by Gasteiger charge is -2.47. The van der Waals surface area contributed by atoms with E-state index in [0.29, 0.717) is 48.1 Å². The van der Waals surface area contributed by atoms with Crippen LogP contribution in [-0.4, -0.2) is 34.8 Å².